The summed E-state index contributed by atoms with van der Waals surface area (Å²) in [5.74, 6) is 0.859. The van der Waals surface area contributed by atoms with Gasteiger partial charge in [-0.3, -0.25) is 4.90 Å². The lowest BCUT2D eigenvalue weighted by molar-refractivity contribution is 0.0206. The van der Waals surface area contributed by atoms with Crippen LogP contribution in [0.2, 0.25) is 0 Å². The van der Waals surface area contributed by atoms with E-state index < -0.39 is 0 Å². The summed E-state index contributed by atoms with van der Waals surface area (Å²) in [6, 6.07) is 1.38. The molecule has 0 amide bonds. The van der Waals surface area contributed by atoms with Gasteiger partial charge in [0, 0.05) is 25.0 Å². The first-order chi connectivity index (χ1) is 8.61. The monoisotopic (exact) mass is 269 g/mol. The van der Waals surface area contributed by atoms with Crippen LogP contribution in [0.5, 0.6) is 0 Å². The van der Waals surface area contributed by atoms with Gasteiger partial charge in [0.15, 0.2) is 0 Å². The highest BCUT2D eigenvalue weighted by Crippen LogP contribution is 2.31. The lowest BCUT2D eigenvalue weighted by atomic mass is 9.83. The summed E-state index contributed by atoms with van der Waals surface area (Å²) in [6.07, 6.45) is 6.12. The van der Waals surface area contributed by atoms with Crippen LogP contribution in [0.3, 0.4) is 0 Å². The van der Waals surface area contributed by atoms with E-state index in [4.69, 9.17) is 18.0 Å². The molecule has 104 valence electrons. The maximum Gasteiger partial charge on any atom is 0.0743 e. The fourth-order valence-corrected chi connectivity index (χ4v) is 3.97. The first-order valence-corrected chi connectivity index (χ1v) is 7.75. The van der Waals surface area contributed by atoms with Crippen molar-refractivity contribution in [2.75, 3.05) is 26.7 Å². The number of piperidine rings is 2. The summed E-state index contributed by atoms with van der Waals surface area (Å²) in [5, 5.41) is 0. The molecule has 2 rings (SSSR count). The average molecular weight is 269 g/mol. The van der Waals surface area contributed by atoms with Crippen LogP contribution >= 0.6 is 12.2 Å². The van der Waals surface area contributed by atoms with E-state index in [1.165, 1.54) is 38.9 Å². The molecule has 0 aromatic rings. The Morgan fingerprint density at radius 1 is 1.39 bits per heavy atom. The fourth-order valence-electron chi connectivity index (χ4n) is 3.78. The highest BCUT2D eigenvalue weighted by atomic mass is 32.1. The molecule has 4 heteroatoms. The molecule has 0 saturated carbocycles. The van der Waals surface area contributed by atoms with Gasteiger partial charge in [-0.15, -0.1) is 0 Å². The quantitative estimate of drug-likeness (QED) is 0.790. The molecule has 0 bridgehead atoms. The Bertz CT molecular complexity index is 295. The fraction of sp³-hybridized carbons (Fsp3) is 0.929. The van der Waals surface area contributed by atoms with Crippen LogP contribution in [-0.2, 0) is 0 Å². The molecule has 0 radical (unpaired) electrons. The molecule has 2 aliphatic heterocycles. The topological polar surface area (TPSA) is 32.5 Å². The van der Waals surface area contributed by atoms with Gasteiger partial charge in [0.1, 0.15) is 0 Å². The van der Waals surface area contributed by atoms with Crippen molar-refractivity contribution in [1.29, 1.82) is 0 Å². The number of thiocarbonyl (C=S) groups is 1. The predicted molar refractivity (Wildman–Crippen MR) is 80.8 cm³/mol. The Kier molecular flexibility index (Phi) is 4.98. The zero-order chi connectivity index (χ0) is 13.1. The highest BCUT2D eigenvalue weighted by Gasteiger charge is 2.35. The van der Waals surface area contributed by atoms with Gasteiger partial charge in [-0.2, -0.15) is 0 Å². The zero-order valence-corrected chi connectivity index (χ0v) is 12.6. The van der Waals surface area contributed by atoms with Gasteiger partial charge in [0.05, 0.1) is 4.99 Å². The number of hydrogen-bond donors (Lipinski definition) is 1. The summed E-state index contributed by atoms with van der Waals surface area (Å²) in [7, 11) is 2.29. The van der Waals surface area contributed by atoms with E-state index in [0.29, 0.717) is 11.0 Å². The number of nitrogens with zero attached hydrogens (tertiary/aromatic N) is 2. The molecule has 3 unspecified atom stereocenters. The minimum atomic E-state index is 0.565. The largest absolute Gasteiger partial charge is 0.393 e. The Hall–Kier alpha value is -0.190. The van der Waals surface area contributed by atoms with Crippen molar-refractivity contribution in [3.63, 3.8) is 0 Å². The van der Waals surface area contributed by atoms with Gasteiger partial charge >= 0.3 is 0 Å². The number of fused-ring (bicyclic) bond motifs is 1. The maximum absolute atomic E-state index is 5.73. The molecule has 0 aliphatic carbocycles. The third kappa shape index (κ3) is 3.22. The van der Waals surface area contributed by atoms with E-state index in [1.807, 2.05) is 0 Å². The minimum absolute atomic E-state index is 0.565. The molecule has 0 spiro atoms. The molecule has 2 saturated heterocycles. The third-order valence-corrected chi connectivity index (χ3v) is 4.97. The molecule has 2 aliphatic rings. The highest BCUT2D eigenvalue weighted by molar-refractivity contribution is 7.80. The number of nitrogens with two attached hydrogens (primary N) is 1. The Morgan fingerprint density at radius 3 is 2.83 bits per heavy atom. The standard InChI is InChI=1S/C14H27N3S/c1-3-12(9-14(15)18)17-8-6-13-11(10-17)5-4-7-16(13)2/h11-13H,3-10H2,1-2H3,(H2,15,18). The Labute approximate surface area is 117 Å². The maximum atomic E-state index is 5.73. The van der Waals surface area contributed by atoms with Crippen LogP contribution in [0.25, 0.3) is 0 Å². The van der Waals surface area contributed by atoms with Crippen molar-refractivity contribution < 1.29 is 0 Å². The molecule has 18 heavy (non-hydrogen) atoms. The van der Waals surface area contributed by atoms with Gasteiger partial charge in [0.25, 0.3) is 0 Å². The molecular formula is C14H27N3S. The lowest BCUT2D eigenvalue weighted by Crippen LogP contribution is -2.55. The second-order valence-corrected chi connectivity index (χ2v) is 6.49. The smallest absolute Gasteiger partial charge is 0.0743 e. The van der Waals surface area contributed by atoms with Crippen molar-refractivity contribution in [2.24, 2.45) is 11.7 Å². The van der Waals surface area contributed by atoms with Gasteiger partial charge in [-0.25, -0.2) is 0 Å². The Balaban J connectivity index is 1.94. The SMILES string of the molecule is CCC(CC(N)=S)N1CCC2C(CCCN2C)C1. The molecule has 0 aromatic carbocycles. The first kappa shape index (κ1) is 14.2. The normalized spacial score (nSPS) is 31.9. The zero-order valence-electron chi connectivity index (χ0n) is 11.8. The van der Waals surface area contributed by atoms with E-state index in [1.54, 1.807) is 0 Å². The van der Waals surface area contributed by atoms with E-state index in [-0.39, 0.29) is 0 Å². The van der Waals surface area contributed by atoms with Crippen molar-refractivity contribution >= 4 is 17.2 Å². The van der Waals surface area contributed by atoms with Gasteiger partial charge in [-0.05, 0) is 51.7 Å². The summed E-state index contributed by atoms with van der Waals surface area (Å²) in [5.41, 5.74) is 5.73. The van der Waals surface area contributed by atoms with E-state index in [9.17, 15) is 0 Å². The summed E-state index contributed by atoms with van der Waals surface area (Å²) in [4.78, 5) is 5.88. The Morgan fingerprint density at radius 2 is 2.17 bits per heavy atom. The summed E-state index contributed by atoms with van der Waals surface area (Å²) < 4.78 is 0. The van der Waals surface area contributed by atoms with Crippen LogP contribution in [0, 0.1) is 5.92 Å². The van der Waals surface area contributed by atoms with Gasteiger partial charge in [0.2, 0.25) is 0 Å². The van der Waals surface area contributed by atoms with E-state index in [2.05, 4.69) is 23.8 Å². The molecule has 2 N–H and O–H groups in total. The molecule has 2 fully saturated rings. The van der Waals surface area contributed by atoms with Gasteiger partial charge in [-0.1, -0.05) is 19.1 Å². The van der Waals surface area contributed by atoms with Crippen molar-refractivity contribution in [3.8, 4) is 0 Å². The van der Waals surface area contributed by atoms with Crippen LogP contribution in [0.15, 0.2) is 0 Å². The summed E-state index contributed by atoms with van der Waals surface area (Å²) in [6.45, 7) is 6.00. The number of likely N-dealkylation sites (tertiary alicyclic amines) is 2. The molecule has 0 aromatic heterocycles. The van der Waals surface area contributed by atoms with E-state index in [0.717, 1.165) is 24.8 Å². The molecule has 3 atom stereocenters. The van der Waals surface area contributed by atoms with Crippen LogP contribution in [-0.4, -0.2) is 53.6 Å². The van der Waals surface area contributed by atoms with Crippen molar-refractivity contribution in [1.82, 2.24) is 9.80 Å². The van der Waals surface area contributed by atoms with Crippen molar-refractivity contribution in [3.05, 3.63) is 0 Å². The second-order valence-electron chi connectivity index (χ2n) is 5.97. The number of hydrogen-bond acceptors (Lipinski definition) is 3. The third-order valence-electron chi connectivity index (χ3n) is 4.80. The predicted octanol–water partition coefficient (Wildman–Crippen LogP) is 1.86. The molecular weight excluding hydrogens is 242 g/mol. The number of rotatable bonds is 4. The first-order valence-electron chi connectivity index (χ1n) is 7.34. The van der Waals surface area contributed by atoms with Crippen LogP contribution in [0.4, 0.5) is 0 Å². The second kappa shape index (κ2) is 6.31. The minimum Gasteiger partial charge on any atom is -0.393 e. The van der Waals surface area contributed by atoms with Gasteiger partial charge < -0.3 is 10.6 Å². The average Bonchev–Trinajstić information content (AvgIpc) is 2.35. The van der Waals surface area contributed by atoms with Crippen LogP contribution in [0.1, 0.15) is 39.0 Å². The summed E-state index contributed by atoms with van der Waals surface area (Å²) >= 11 is 5.08. The lowest BCUT2D eigenvalue weighted by Gasteiger charge is -2.48. The van der Waals surface area contributed by atoms with Crippen LogP contribution < -0.4 is 5.73 Å². The van der Waals surface area contributed by atoms with Crippen molar-refractivity contribution in [2.45, 2.75) is 51.1 Å². The molecule has 2 heterocycles. The van der Waals surface area contributed by atoms with E-state index >= 15 is 0 Å². The molecule has 3 nitrogen and oxygen atoms in total.